The van der Waals surface area contributed by atoms with Gasteiger partial charge in [0.05, 0.1) is 27.6 Å². The summed E-state index contributed by atoms with van der Waals surface area (Å²) in [6, 6.07) is 121. The standard InChI is InChI=1S/C80H54N2/c1-5-22-59(23-6-1)79(60-24-7-2-8-25-60)72-35-18-14-33-70(72)78-73(79)36-21-39-77(78)81(63-47-40-55(41-48-63)56-42-51-65(52-43-56)82-75-37-19-15-31-68(75)69-32-16-20-38-76(69)82)64-49-44-57(45-50-64)58-46-53-67-66-30-13-17-34-71(66)80(74(67)54-58,61-26-9-3-10-27-61)62-28-11-4-12-29-62/h1-54H. The molecule has 0 N–H and O–H groups in total. The van der Waals surface area contributed by atoms with E-state index in [0.717, 1.165) is 39.4 Å². The molecule has 2 aliphatic carbocycles. The van der Waals surface area contributed by atoms with E-state index in [9.17, 15) is 0 Å². The number of hydrogen-bond donors (Lipinski definition) is 0. The van der Waals surface area contributed by atoms with Gasteiger partial charge >= 0.3 is 0 Å². The average molecular weight is 1040 g/mol. The Morgan fingerprint density at radius 1 is 0.256 bits per heavy atom. The van der Waals surface area contributed by atoms with Crippen LogP contribution in [0.3, 0.4) is 0 Å². The van der Waals surface area contributed by atoms with E-state index in [1.165, 1.54) is 94.1 Å². The van der Waals surface area contributed by atoms with E-state index < -0.39 is 10.8 Å². The summed E-state index contributed by atoms with van der Waals surface area (Å²) >= 11 is 0. The fraction of sp³-hybridized carbons (Fsp3) is 0.0250. The van der Waals surface area contributed by atoms with Crippen molar-refractivity contribution in [1.82, 2.24) is 4.57 Å². The van der Waals surface area contributed by atoms with Gasteiger partial charge in [0.2, 0.25) is 0 Å². The number of anilines is 3. The molecule has 1 aromatic heterocycles. The molecule has 2 heteroatoms. The van der Waals surface area contributed by atoms with Crippen molar-refractivity contribution in [1.29, 1.82) is 0 Å². The fourth-order valence-electron chi connectivity index (χ4n) is 14.3. The van der Waals surface area contributed by atoms with Crippen LogP contribution in [-0.2, 0) is 10.8 Å². The van der Waals surface area contributed by atoms with Crippen LogP contribution in [0.15, 0.2) is 328 Å². The molecule has 0 saturated carbocycles. The summed E-state index contributed by atoms with van der Waals surface area (Å²) in [5.74, 6) is 0. The first-order valence-corrected chi connectivity index (χ1v) is 28.5. The molecule has 384 valence electrons. The molecule has 0 unspecified atom stereocenters. The first-order chi connectivity index (χ1) is 40.7. The van der Waals surface area contributed by atoms with E-state index in [4.69, 9.17) is 0 Å². The molecule has 13 aromatic carbocycles. The number of benzene rings is 13. The Labute approximate surface area is 478 Å². The first-order valence-electron chi connectivity index (χ1n) is 28.5. The normalized spacial score (nSPS) is 13.3. The minimum absolute atomic E-state index is 0.486. The minimum Gasteiger partial charge on any atom is -0.310 e. The number of aromatic nitrogens is 1. The third kappa shape index (κ3) is 7.08. The molecule has 0 radical (unpaired) electrons. The third-order valence-electron chi connectivity index (χ3n) is 17.8. The molecule has 2 nitrogen and oxygen atoms in total. The van der Waals surface area contributed by atoms with Crippen molar-refractivity contribution < 1.29 is 0 Å². The van der Waals surface area contributed by atoms with Gasteiger partial charge in [0.1, 0.15) is 0 Å². The summed E-state index contributed by atoms with van der Waals surface area (Å²) in [6.45, 7) is 0. The molecular weight excluding hydrogens is 989 g/mol. The topological polar surface area (TPSA) is 8.17 Å². The van der Waals surface area contributed by atoms with Crippen LogP contribution in [0.4, 0.5) is 17.1 Å². The molecule has 2 aliphatic rings. The van der Waals surface area contributed by atoms with Crippen LogP contribution in [-0.4, -0.2) is 4.57 Å². The van der Waals surface area contributed by atoms with E-state index in [1.54, 1.807) is 0 Å². The van der Waals surface area contributed by atoms with Crippen LogP contribution in [0.25, 0.3) is 72.0 Å². The van der Waals surface area contributed by atoms with Gasteiger partial charge in [-0.2, -0.15) is 0 Å². The highest BCUT2D eigenvalue weighted by atomic mass is 15.1. The Bertz CT molecular complexity index is 4560. The summed E-state index contributed by atoms with van der Waals surface area (Å²) in [6.07, 6.45) is 0. The van der Waals surface area contributed by atoms with Crippen LogP contribution < -0.4 is 4.90 Å². The molecule has 0 atom stereocenters. The molecular formula is C80H54N2. The van der Waals surface area contributed by atoms with Gasteiger partial charge < -0.3 is 9.47 Å². The molecule has 0 fully saturated rings. The summed E-state index contributed by atoms with van der Waals surface area (Å²) in [7, 11) is 0. The second-order valence-corrected chi connectivity index (χ2v) is 21.9. The molecule has 0 saturated heterocycles. The molecule has 0 bridgehead atoms. The van der Waals surface area contributed by atoms with E-state index in [-0.39, 0.29) is 0 Å². The zero-order valence-corrected chi connectivity index (χ0v) is 45.1. The van der Waals surface area contributed by atoms with Crippen LogP contribution in [0.2, 0.25) is 0 Å². The number of rotatable bonds is 10. The predicted octanol–water partition coefficient (Wildman–Crippen LogP) is 20.3. The molecule has 0 aliphatic heterocycles. The molecule has 1 heterocycles. The Morgan fingerprint density at radius 2 is 0.634 bits per heavy atom. The van der Waals surface area contributed by atoms with E-state index in [1.807, 2.05) is 0 Å². The van der Waals surface area contributed by atoms with Crippen molar-refractivity contribution in [3.8, 4) is 50.2 Å². The second-order valence-electron chi connectivity index (χ2n) is 21.9. The van der Waals surface area contributed by atoms with Crippen molar-refractivity contribution >= 4 is 38.9 Å². The lowest BCUT2D eigenvalue weighted by Crippen LogP contribution is -2.28. The predicted molar refractivity (Wildman–Crippen MR) is 341 cm³/mol. The van der Waals surface area contributed by atoms with Gasteiger partial charge in [-0.1, -0.05) is 267 Å². The van der Waals surface area contributed by atoms with Crippen LogP contribution >= 0.6 is 0 Å². The van der Waals surface area contributed by atoms with E-state index >= 15 is 0 Å². The summed E-state index contributed by atoms with van der Waals surface area (Å²) in [4.78, 5) is 2.48. The highest BCUT2D eigenvalue weighted by Crippen LogP contribution is 2.60. The van der Waals surface area contributed by atoms with Gasteiger partial charge in [0.25, 0.3) is 0 Å². The lowest BCUT2D eigenvalue weighted by atomic mass is 9.67. The highest BCUT2D eigenvalue weighted by Gasteiger charge is 2.48. The number of nitrogens with zero attached hydrogens (tertiary/aromatic N) is 2. The van der Waals surface area contributed by atoms with Gasteiger partial charge in [0.15, 0.2) is 0 Å². The lowest BCUT2D eigenvalue weighted by molar-refractivity contribution is 0.768. The second kappa shape index (κ2) is 19.1. The molecule has 0 amide bonds. The zero-order chi connectivity index (χ0) is 54.2. The van der Waals surface area contributed by atoms with Gasteiger partial charge in [-0.25, -0.2) is 0 Å². The fourth-order valence-corrected chi connectivity index (χ4v) is 14.3. The maximum atomic E-state index is 2.48. The Kier molecular flexibility index (Phi) is 11.0. The summed E-state index contributed by atoms with van der Waals surface area (Å²) in [5, 5.41) is 2.53. The quantitative estimate of drug-likeness (QED) is 0.133. The lowest BCUT2D eigenvalue weighted by Gasteiger charge is -2.34. The third-order valence-corrected chi connectivity index (χ3v) is 17.8. The minimum atomic E-state index is -0.544. The first kappa shape index (κ1) is 47.5. The van der Waals surface area contributed by atoms with Crippen LogP contribution in [0.1, 0.15) is 44.5 Å². The van der Waals surface area contributed by atoms with E-state index in [2.05, 4.69) is 337 Å². The Balaban J connectivity index is 0.845. The van der Waals surface area contributed by atoms with Crippen molar-refractivity contribution in [2.24, 2.45) is 0 Å². The molecule has 16 rings (SSSR count). The Hall–Kier alpha value is -10.5. The van der Waals surface area contributed by atoms with Crippen LogP contribution in [0, 0.1) is 0 Å². The highest BCUT2D eigenvalue weighted by molar-refractivity contribution is 6.09. The van der Waals surface area contributed by atoms with Crippen LogP contribution in [0.5, 0.6) is 0 Å². The smallest absolute Gasteiger partial charge is 0.0714 e. The zero-order valence-electron chi connectivity index (χ0n) is 45.1. The summed E-state index contributed by atoms with van der Waals surface area (Å²) < 4.78 is 2.38. The molecule has 0 spiro atoms. The summed E-state index contributed by atoms with van der Waals surface area (Å²) in [5.41, 5.74) is 25.7. The number of fused-ring (bicyclic) bond motifs is 9. The van der Waals surface area contributed by atoms with Gasteiger partial charge in [-0.15, -0.1) is 0 Å². The van der Waals surface area contributed by atoms with Gasteiger partial charge in [0, 0.05) is 33.4 Å². The average Bonchev–Trinajstić information content (AvgIpc) is 2.93. The van der Waals surface area contributed by atoms with Crippen molar-refractivity contribution in [2.45, 2.75) is 10.8 Å². The van der Waals surface area contributed by atoms with Crippen molar-refractivity contribution in [2.75, 3.05) is 4.90 Å². The Morgan fingerprint density at radius 3 is 1.16 bits per heavy atom. The monoisotopic (exact) mass is 1040 g/mol. The van der Waals surface area contributed by atoms with Gasteiger partial charge in [-0.3, -0.25) is 0 Å². The van der Waals surface area contributed by atoms with Gasteiger partial charge in [-0.05, 0) is 144 Å². The van der Waals surface area contributed by atoms with Crippen molar-refractivity contribution in [3.63, 3.8) is 0 Å². The molecule has 14 aromatic rings. The van der Waals surface area contributed by atoms with Crippen molar-refractivity contribution in [3.05, 3.63) is 372 Å². The maximum absolute atomic E-state index is 2.48. The number of hydrogen-bond acceptors (Lipinski definition) is 1. The molecule has 82 heavy (non-hydrogen) atoms. The number of para-hydroxylation sites is 2. The largest absolute Gasteiger partial charge is 0.310 e. The maximum Gasteiger partial charge on any atom is 0.0714 e. The SMILES string of the molecule is c1ccc(C2(c3ccccc3)c3ccccc3-c3ccc(-c4ccc(N(c5ccc(-c6ccc(-n7c8ccccc8c8ccccc87)cc6)cc5)c5cccc6c5-c5ccccc5C6(c5ccccc5)c5ccccc5)cc4)cc32)cc1. The van der Waals surface area contributed by atoms with E-state index in [0.29, 0.717) is 0 Å².